The van der Waals surface area contributed by atoms with Crippen molar-refractivity contribution >= 4 is 44.8 Å². The van der Waals surface area contributed by atoms with E-state index in [2.05, 4.69) is 44.3 Å². The van der Waals surface area contributed by atoms with Gasteiger partial charge in [-0.05, 0) is 34.8 Å². The van der Waals surface area contributed by atoms with Gasteiger partial charge in [0.05, 0.1) is 5.75 Å². The van der Waals surface area contributed by atoms with E-state index in [0.29, 0.717) is 6.04 Å². The Morgan fingerprint density at radius 2 is 2.29 bits per heavy atom. The van der Waals surface area contributed by atoms with Gasteiger partial charge in [-0.3, -0.25) is 4.79 Å². The molecular weight excluding hydrogens is 354 g/mol. The summed E-state index contributed by atoms with van der Waals surface area (Å²) in [7, 11) is 0. The molecule has 0 saturated carbocycles. The van der Waals surface area contributed by atoms with Crippen molar-refractivity contribution in [1.29, 1.82) is 0 Å². The Morgan fingerprint density at radius 3 is 2.90 bits per heavy atom. The molecule has 0 spiro atoms. The minimum atomic E-state index is -0.837. The summed E-state index contributed by atoms with van der Waals surface area (Å²) in [5.74, 6) is -0.830. The molecule has 0 fully saturated rings. The lowest BCUT2D eigenvalue weighted by atomic mass is 10.1. The van der Waals surface area contributed by atoms with E-state index in [0.717, 1.165) is 40.1 Å². The number of hydrogen-bond acceptors (Lipinski definition) is 4. The van der Waals surface area contributed by atoms with Crippen molar-refractivity contribution in [1.82, 2.24) is 14.5 Å². The number of imidazole rings is 1. The summed E-state index contributed by atoms with van der Waals surface area (Å²) in [5.41, 5.74) is 1.62. The van der Waals surface area contributed by atoms with Crippen LogP contribution in [0.3, 0.4) is 0 Å². The monoisotopic (exact) mass is 371 g/mol. The quantitative estimate of drug-likeness (QED) is 0.741. The molecule has 1 unspecified atom stereocenters. The Morgan fingerprint density at radius 1 is 1.52 bits per heavy atom. The first-order chi connectivity index (χ1) is 10.1. The molecule has 21 heavy (non-hydrogen) atoms. The molecule has 0 aliphatic rings. The zero-order chi connectivity index (χ0) is 15.4. The van der Waals surface area contributed by atoms with Gasteiger partial charge in [0.25, 0.3) is 0 Å². The van der Waals surface area contributed by atoms with Crippen molar-refractivity contribution in [2.45, 2.75) is 44.3 Å². The summed E-state index contributed by atoms with van der Waals surface area (Å²) in [6, 6.07) is 2.22. The summed E-state index contributed by atoms with van der Waals surface area (Å²) in [6.07, 6.45) is 4.82. The maximum atomic E-state index is 10.8. The SMILES string of the molecule is CCCC(CC)n1c(SCC(=O)O)nc2cc(Br)cnc21. The molecule has 1 atom stereocenters. The maximum Gasteiger partial charge on any atom is 0.313 e. The first-order valence-electron chi connectivity index (χ1n) is 6.94. The number of hydrogen-bond donors (Lipinski definition) is 1. The number of halogens is 1. The zero-order valence-corrected chi connectivity index (χ0v) is 14.4. The molecule has 0 aliphatic carbocycles. The first-order valence-corrected chi connectivity index (χ1v) is 8.72. The lowest BCUT2D eigenvalue weighted by Crippen LogP contribution is -2.11. The number of aliphatic carboxylic acids is 1. The smallest absolute Gasteiger partial charge is 0.313 e. The fourth-order valence-electron chi connectivity index (χ4n) is 2.34. The van der Waals surface area contributed by atoms with Crippen molar-refractivity contribution in [3.8, 4) is 0 Å². The van der Waals surface area contributed by atoms with Crippen molar-refractivity contribution < 1.29 is 9.90 Å². The first kappa shape index (κ1) is 16.3. The predicted octanol–water partition coefficient (Wildman–Crippen LogP) is 4.12. The molecule has 2 aromatic heterocycles. The standard InChI is InChI=1S/C14H18BrN3O2S/c1-3-5-10(4-2)18-13-11(6-9(15)7-16-13)17-14(18)21-8-12(19)20/h6-7,10H,3-5,8H2,1-2H3,(H,19,20). The van der Waals surface area contributed by atoms with Crippen molar-refractivity contribution in [2.75, 3.05) is 5.75 Å². The van der Waals surface area contributed by atoms with E-state index >= 15 is 0 Å². The maximum absolute atomic E-state index is 10.8. The van der Waals surface area contributed by atoms with E-state index in [1.165, 1.54) is 11.8 Å². The van der Waals surface area contributed by atoms with Crippen LogP contribution >= 0.6 is 27.7 Å². The summed E-state index contributed by atoms with van der Waals surface area (Å²) >= 11 is 4.65. The average Bonchev–Trinajstić information content (AvgIpc) is 2.79. The van der Waals surface area contributed by atoms with Crippen molar-refractivity contribution in [3.05, 3.63) is 16.7 Å². The molecule has 114 valence electrons. The summed E-state index contributed by atoms with van der Waals surface area (Å²) in [4.78, 5) is 19.9. The van der Waals surface area contributed by atoms with Crippen LogP contribution in [-0.2, 0) is 4.79 Å². The highest BCUT2D eigenvalue weighted by Crippen LogP contribution is 2.31. The number of nitrogens with zero attached hydrogens (tertiary/aromatic N) is 3. The zero-order valence-electron chi connectivity index (χ0n) is 12.0. The Balaban J connectivity index is 2.50. The van der Waals surface area contributed by atoms with E-state index in [4.69, 9.17) is 5.11 Å². The molecule has 7 heteroatoms. The van der Waals surface area contributed by atoms with Crippen LogP contribution in [0.25, 0.3) is 11.2 Å². The average molecular weight is 372 g/mol. The number of pyridine rings is 1. The fraction of sp³-hybridized carbons (Fsp3) is 0.500. The molecule has 2 heterocycles. The second-order valence-electron chi connectivity index (χ2n) is 4.79. The Hall–Kier alpha value is -1.08. The van der Waals surface area contributed by atoms with Crippen LogP contribution in [0.2, 0.25) is 0 Å². The highest BCUT2D eigenvalue weighted by atomic mass is 79.9. The highest BCUT2D eigenvalue weighted by molar-refractivity contribution is 9.10. The molecule has 0 saturated heterocycles. The lowest BCUT2D eigenvalue weighted by Gasteiger charge is -2.18. The van der Waals surface area contributed by atoms with Crippen LogP contribution in [0.15, 0.2) is 21.9 Å². The van der Waals surface area contributed by atoms with Crippen LogP contribution in [0.1, 0.15) is 39.2 Å². The van der Waals surface area contributed by atoms with E-state index < -0.39 is 5.97 Å². The molecule has 1 N–H and O–H groups in total. The molecular formula is C14H18BrN3O2S. The molecule has 2 rings (SSSR count). The molecule has 5 nitrogen and oxygen atoms in total. The molecule has 0 aliphatic heterocycles. The number of thioether (sulfide) groups is 1. The number of rotatable bonds is 7. The molecule has 0 radical (unpaired) electrons. The second kappa shape index (κ2) is 7.26. The van der Waals surface area contributed by atoms with Gasteiger partial charge in [0, 0.05) is 16.7 Å². The van der Waals surface area contributed by atoms with E-state index in [-0.39, 0.29) is 5.75 Å². The number of fused-ring (bicyclic) bond motifs is 1. The van der Waals surface area contributed by atoms with Gasteiger partial charge in [0.1, 0.15) is 5.52 Å². The van der Waals surface area contributed by atoms with Crippen molar-refractivity contribution in [2.24, 2.45) is 0 Å². The second-order valence-corrected chi connectivity index (χ2v) is 6.65. The predicted molar refractivity (Wildman–Crippen MR) is 87.8 cm³/mol. The minimum absolute atomic E-state index is 0.00699. The number of aromatic nitrogens is 3. The Kier molecular flexibility index (Phi) is 5.64. The molecule has 2 aromatic rings. The minimum Gasteiger partial charge on any atom is -0.481 e. The number of carboxylic acids is 1. The largest absolute Gasteiger partial charge is 0.481 e. The number of carboxylic acid groups (broad SMARTS) is 1. The molecule has 0 amide bonds. The third-order valence-corrected chi connectivity index (χ3v) is 4.62. The van der Waals surface area contributed by atoms with E-state index in [9.17, 15) is 4.79 Å². The summed E-state index contributed by atoms with van der Waals surface area (Å²) < 4.78 is 2.97. The van der Waals surface area contributed by atoms with Gasteiger partial charge < -0.3 is 9.67 Å². The topological polar surface area (TPSA) is 68.0 Å². The Labute approximate surface area is 136 Å². The van der Waals surface area contributed by atoms with Gasteiger partial charge in [-0.1, -0.05) is 32.0 Å². The molecule has 0 aromatic carbocycles. The van der Waals surface area contributed by atoms with Gasteiger partial charge in [-0.2, -0.15) is 0 Å². The van der Waals surface area contributed by atoms with Crippen LogP contribution in [-0.4, -0.2) is 31.4 Å². The van der Waals surface area contributed by atoms with Crippen LogP contribution in [0.5, 0.6) is 0 Å². The van der Waals surface area contributed by atoms with Gasteiger partial charge in [0.2, 0.25) is 0 Å². The fourth-order valence-corrected chi connectivity index (χ4v) is 3.45. The third kappa shape index (κ3) is 3.77. The highest BCUT2D eigenvalue weighted by Gasteiger charge is 2.19. The van der Waals surface area contributed by atoms with Crippen LogP contribution in [0, 0.1) is 0 Å². The van der Waals surface area contributed by atoms with Gasteiger partial charge >= 0.3 is 5.97 Å². The van der Waals surface area contributed by atoms with Gasteiger partial charge in [-0.25, -0.2) is 9.97 Å². The third-order valence-electron chi connectivity index (χ3n) is 3.25. The normalized spacial score (nSPS) is 12.7. The summed E-state index contributed by atoms with van der Waals surface area (Å²) in [5, 5.41) is 9.64. The summed E-state index contributed by atoms with van der Waals surface area (Å²) in [6.45, 7) is 4.28. The molecule has 0 bridgehead atoms. The van der Waals surface area contributed by atoms with Gasteiger partial charge in [-0.15, -0.1) is 0 Å². The van der Waals surface area contributed by atoms with Crippen LogP contribution in [0.4, 0.5) is 0 Å². The van der Waals surface area contributed by atoms with Crippen molar-refractivity contribution in [3.63, 3.8) is 0 Å². The van der Waals surface area contributed by atoms with Gasteiger partial charge in [0.15, 0.2) is 10.8 Å². The van der Waals surface area contributed by atoms with E-state index in [1.807, 2.05) is 6.07 Å². The van der Waals surface area contributed by atoms with E-state index in [1.54, 1.807) is 6.20 Å². The lowest BCUT2D eigenvalue weighted by molar-refractivity contribution is -0.133. The Bertz CT molecular complexity index is 644. The van der Waals surface area contributed by atoms with Crippen LogP contribution < -0.4 is 0 Å². The number of carbonyl (C=O) groups is 1.